The molecule has 0 saturated heterocycles. The lowest BCUT2D eigenvalue weighted by molar-refractivity contribution is -0.144. The summed E-state index contributed by atoms with van der Waals surface area (Å²) >= 11 is 0. The Hall–Kier alpha value is -6.40. The van der Waals surface area contributed by atoms with E-state index in [-0.39, 0.29) is 34.9 Å². The highest BCUT2D eigenvalue weighted by atomic mass is 19.4. The Morgan fingerprint density at radius 3 is 1.26 bits per heavy atom. The number of ether oxygens (including phenoxy) is 2. The highest BCUT2D eigenvalue weighted by molar-refractivity contribution is 6.37. The number of nitrogens with zero attached hydrogens (tertiary/aromatic N) is 5. The van der Waals surface area contributed by atoms with Gasteiger partial charge in [-0.05, 0) is 77.9 Å². The van der Waals surface area contributed by atoms with Gasteiger partial charge in [-0.2, -0.15) is 62.7 Å². The van der Waals surface area contributed by atoms with Crippen molar-refractivity contribution in [2.45, 2.75) is 24.7 Å². The van der Waals surface area contributed by atoms with Gasteiger partial charge in [0.05, 0.1) is 36.5 Å². The van der Waals surface area contributed by atoms with Crippen molar-refractivity contribution in [2.24, 2.45) is 20.0 Å². The maximum absolute atomic E-state index is 14.0. The molecule has 0 fully saturated rings. The van der Waals surface area contributed by atoms with Crippen LogP contribution in [-0.2, 0) is 24.7 Å². The fourth-order valence-electron chi connectivity index (χ4n) is 5.98. The molecule has 0 aromatic heterocycles. The Kier molecular flexibility index (Phi) is 9.31. The summed E-state index contributed by atoms with van der Waals surface area (Å²) in [6, 6.07) is 13.7. The number of aliphatic imine (C=N–C) groups is 4. The summed E-state index contributed by atoms with van der Waals surface area (Å²) in [4.78, 5) is 18.3. The second-order valence-corrected chi connectivity index (χ2v) is 12.4. The number of hydrogen-bond acceptors (Lipinski definition) is 7. The Bertz CT molecular complexity index is 2410. The van der Waals surface area contributed by atoms with Crippen molar-refractivity contribution in [3.63, 3.8) is 0 Å². The molecule has 19 heteroatoms. The molecule has 0 N–H and O–H groups in total. The molecule has 0 spiro atoms. The first-order valence-corrected chi connectivity index (χ1v) is 16.1. The van der Waals surface area contributed by atoms with E-state index in [1.807, 2.05) is 0 Å². The first-order chi connectivity index (χ1) is 26.6. The Labute approximate surface area is 313 Å². The summed E-state index contributed by atoms with van der Waals surface area (Å²) in [5.41, 5.74) is -7.25. The number of hydrogen-bond donors (Lipinski definition) is 0. The molecule has 0 atom stereocenters. The van der Waals surface area contributed by atoms with Crippen molar-refractivity contribution in [3.05, 3.63) is 141 Å². The summed E-state index contributed by atoms with van der Waals surface area (Å²) in [5.74, 6) is -1.68. The zero-order valence-corrected chi connectivity index (χ0v) is 28.7. The van der Waals surface area contributed by atoms with Crippen LogP contribution >= 0.6 is 0 Å². The third kappa shape index (κ3) is 7.60. The SMILES string of the molecule is COc1ccc(C2=CC(c3ccc(OC)cc3)=C3N=C(c4cc(C(F)(F)F)cc(C(F)(F)F)c4)N=C4N=C(c5cc(C(F)(F)F)cc(C(F)(F)F)c5)N=C2N43)cc1. The van der Waals surface area contributed by atoms with Crippen LogP contribution in [0.1, 0.15) is 44.5 Å². The minimum absolute atomic E-state index is 0.105. The lowest BCUT2D eigenvalue weighted by atomic mass is 9.93. The van der Waals surface area contributed by atoms with Crippen LogP contribution < -0.4 is 9.47 Å². The van der Waals surface area contributed by atoms with E-state index < -0.39 is 75.7 Å². The van der Waals surface area contributed by atoms with Crippen LogP contribution in [-0.4, -0.2) is 42.6 Å². The van der Waals surface area contributed by atoms with E-state index in [2.05, 4.69) is 20.0 Å². The van der Waals surface area contributed by atoms with Crippen molar-refractivity contribution in [1.82, 2.24) is 4.90 Å². The predicted molar refractivity (Wildman–Crippen MR) is 184 cm³/mol. The topological polar surface area (TPSA) is 71.1 Å². The molecule has 0 saturated carbocycles. The van der Waals surface area contributed by atoms with E-state index in [9.17, 15) is 52.7 Å². The van der Waals surface area contributed by atoms with Gasteiger partial charge in [0.25, 0.3) is 0 Å². The minimum Gasteiger partial charge on any atom is -0.497 e. The van der Waals surface area contributed by atoms with Crippen LogP contribution in [0.5, 0.6) is 11.5 Å². The standard InChI is InChI=1S/C38H21F12N5O2/c1-56-26-7-3-18(4-8-26)28-17-29(19-5-9-27(57-2)10-6-19)33-52-31(21-13-24(37(45,46)47)16-25(14-21)38(48,49)50)54-34-53-30(51-32(28)55(33)34)20-11-22(35(39,40)41)15-23(12-20)36(42,43)44/h3-17H,1-2H3. The third-order valence-electron chi connectivity index (χ3n) is 8.72. The first kappa shape index (κ1) is 38.9. The van der Waals surface area contributed by atoms with Crippen molar-refractivity contribution >= 4 is 34.6 Å². The van der Waals surface area contributed by atoms with E-state index in [4.69, 9.17) is 9.47 Å². The monoisotopic (exact) mass is 807 g/mol. The van der Waals surface area contributed by atoms with Gasteiger partial charge >= 0.3 is 24.7 Å². The molecule has 0 aliphatic carbocycles. The molecule has 0 amide bonds. The van der Waals surface area contributed by atoms with Crippen LogP contribution in [0.2, 0.25) is 0 Å². The van der Waals surface area contributed by atoms with Gasteiger partial charge in [-0.3, -0.25) is 0 Å². The maximum atomic E-state index is 14.0. The number of rotatable bonds is 6. The molecule has 3 aliphatic rings. The van der Waals surface area contributed by atoms with E-state index in [0.717, 1.165) is 4.90 Å². The fraction of sp³-hybridized carbons (Fsp3) is 0.158. The van der Waals surface area contributed by atoms with Gasteiger partial charge in [0.1, 0.15) is 11.5 Å². The lowest BCUT2D eigenvalue weighted by Crippen LogP contribution is -2.44. The van der Waals surface area contributed by atoms with Crippen LogP contribution in [0.25, 0.3) is 11.1 Å². The summed E-state index contributed by atoms with van der Waals surface area (Å²) in [7, 11) is 2.80. The van der Waals surface area contributed by atoms with Gasteiger partial charge in [-0.15, -0.1) is 0 Å². The Morgan fingerprint density at radius 2 is 0.860 bits per heavy atom. The van der Waals surface area contributed by atoms with E-state index in [1.54, 1.807) is 48.5 Å². The molecule has 0 bridgehead atoms. The summed E-state index contributed by atoms with van der Waals surface area (Å²) in [6.45, 7) is 0. The number of methoxy groups -OCH3 is 2. The summed E-state index contributed by atoms with van der Waals surface area (Å²) < 4.78 is 178. The summed E-state index contributed by atoms with van der Waals surface area (Å²) in [6.07, 6.45) is -19.6. The normalized spacial score (nSPS) is 16.0. The van der Waals surface area contributed by atoms with Crippen LogP contribution in [0.3, 0.4) is 0 Å². The zero-order valence-electron chi connectivity index (χ0n) is 28.7. The molecule has 7 rings (SSSR count). The van der Waals surface area contributed by atoms with Gasteiger partial charge in [-0.25, -0.2) is 14.9 Å². The van der Waals surface area contributed by atoms with E-state index in [0.29, 0.717) is 46.9 Å². The Morgan fingerprint density at radius 1 is 0.456 bits per heavy atom. The smallest absolute Gasteiger partial charge is 0.416 e. The van der Waals surface area contributed by atoms with Gasteiger partial charge in [0, 0.05) is 22.3 Å². The number of allylic oxidation sites excluding steroid dienone is 2. The molecule has 4 aromatic rings. The predicted octanol–water partition coefficient (Wildman–Crippen LogP) is 10.5. The largest absolute Gasteiger partial charge is 0.497 e. The lowest BCUT2D eigenvalue weighted by Gasteiger charge is -2.36. The molecule has 294 valence electrons. The average molecular weight is 808 g/mol. The molecule has 3 aliphatic heterocycles. The van der Waals surface area contributed by atoms with Gasteiger partial charge in [-0.1, -0.05) is 24.3 Å². The number of halogens is 12. The second-order valence-electron chi connectivity index (χ2n) is 12.4. The highest BCUT2D eigenvalue weighted by Crippen LogP contribution is 2.43. The second kappa shape index (κ2) is 13.7. The molecular weight excluding hydrogens is 786 g/mol. The van der Waals surface area contributed by atoms with Crippen molar-refractivity contribution in [3.8, 4) is 11.5 Å². The van der Waals surface area contributed by atoms with Crippen molar-refractivity contribution in [2.75, 3.05) is 14.2 Å². The van der Waals surface area contributed by atoms with Crippen molar-refractivity contribution in [1.29, 1.82) is 0 Å². The number of guanidine groups is 1. The number of alkyl halides is 12. The Balaban J connectivity index is 1.56. The van der Waals surface area contributed by atoms with Crippen molar-refractivity contribution < 1.29 is 62.2 Å². The van der Waals surface area contributed by atoms with E-state index in [1.165, 1.54) is 20.3 Å². The molecule has 4 aromatic carbocycles. The number of benzene rings is 4. The molecule has 0 unspecified atom stereocenters. The van der Waals surface area contributed by atoms with Gasteiger partial charge in [0.2, 0.25) is 5.96 Å². The minimum atomic E-state index is -5.27. The van der Waals surface area contributed by atoms with Gasteiger partial charge in [0.15, 0.2) is 23.3 Å². The summed E-state index contributed by atoms with van der Waals surface area (Å²) in [5, 5.41) is 0. The third-order valence-corrected chi connectivity index (χ3v) is 8.72. The number of amidine groups is 3. The molecule has 3 heterocycles. The quantitative estimate of drug-likeness (QED) is 0.182. The van der Waals surface area contributed by atoms with Crippen LogP contribution in [0.15, 0.2) is 117 Å². The van der Waals surface area contributed by atoms with Gasteiger partial charge < -0.3 is 9.47 Å². The van der Waals surface area contributed by atoms with Crippen LogP contribution in [0, 0.1) is 0 Å². The maximum Gasteiger partial charge on any atom is 0.416 e. The molecule has 7 nitrogen and oxygen atoms in total. The van der Waals surface area contributed by atoms with Crippen LogP contribution in [0.4, 0.5) is 52.7 Å². The average Bonchev–Trinajstić information content (AvgIpc) is 3.16. The van der Waals surface area contributed by atoms with E-state index >= 15 is 0 Å². The fourth-order valence-corrected chi connectivity index (χ4v) is 5.98. The zero-order chi connectivity index (χ0) is 41.2. The molecule has 57 heavy (non-hydrogen) atoms. The molecular formula is C38H21F12N5O2. The highest BCUT2D eigenvalue weighted by Gasteiger charge is 2.42. The first-order valence-electron chi connectivity index (χ1n) is 16.1. The molecule has 0 radical (unpaired) electrons.